The first kappa shape index (κ1) is 25.4. The molecule has 8 heteroatoms. The number of allylic oxidation sites excluding steroid dienone is 1. The number of fused-ring (bicyclic) bond motifs is 1. The standard InChI is InChI=1S/C28H30N2O5S/c1-6-14-35-21-11-9-8-10-20(21)25-24(27(32)34-7-2)18(4)29-28-30(25)26(31)23(36-28)16-19-13-12-17(3)22(15-19)33-5/h8-13,15-16,25H,6-7,14H2,1-5H3/b23-16+/t25-/m1/s1. The Labute approximate surface area is 214 Å². The molecule has 1 aliphatic rings. The van der Waals surface area contributed by atoms with Crippen molar-refractivity contribution >= 4 is 23.4 Å². The number of thiazole rings is 1. The highest BCUT2D eigenvalue weighted by Gasteiger charge is 2.35. The van der Waals surface area contributed by atoms with Crippen molar-refractivity contribution in [2.75, 3.05) is 20.3 Å². The highest BCUT2D eigenvalue weighted by atomic mass is 32.1. The molecule has 0 N–H and O–H groups in total. The van der Waals surface area contributed by atoms with E-state index in [-0.39, 0.29) is 12.2 Å². The molecule has 4 rings (SSSR count). The number of benzene rings is 2. The molecule has 0 radical (unpaired) electrons. The minimum absolute atomic E-state index is 0.218. The van der Waals surface area contributed by atoms with Crippen LogP contribution in [0.1, 0.15) is 49.9 Å². The summed E-state index contributed by atoms with van der Waals surface area (Å²) in [6, 6.07) is 12.6. The van der Waals surface area contributed by atoms with Gasteiger partial charge in [0.25, 0.3) is 5.56 Å². The van der Waals surface area contributed by atoms with Crippen molar-refractivity contribution in [3.63, 3.8) is 0 Å². The molecule has 7 nitrogen and oxygen atoms in total. The van der Waals surface area contributed by atoms with Gasteiger partial charge in [-0.2, -0.15) is 0 Å². The summed E-state index contributed by atoms with van der Waals surface area (Å²) in [6.45, 7) is 8.26. The summed E-state index contributed by atoms with van der Waals surface area (Å²) in [7, 11) is 1.62. The van der Waals surface area contributed by atoms with Crippen LogP contribution in [0.4, 0.5) is 0 Å². The van der Waals surface area contributed by atoms with Crippen molar-refractivity contribution in [3.8, 4) is 11.5 Å². The van der Waals surface area contributed by atoms with E-state index >= 15 is 0 Å². The lowest BCUT2D eigenvalue weighted by atomic mass is 9.95. The Kier molecular flexibility index (Phi) is 7.74. The van der Waals surface area contributed by atoms with Crippen LogP contribution in [0.15, 0.2) is 63.5 Å². The van der Waals surface area contributed by atoms with Gasteiger partial charge >= 0.3 is 5.97 Å². The van der Waals surface area contributed by atoms with Gasteiger partial charge in [0, 0.05) is 5.56 Å². The van der Waals surface area contributed by atoms with E-state index in [2.05, 4.69) is 4.99 Å². The average Bonchev–Trinajstić information content (AvgIpc) is 3.17. The van der Waals surface area contributed by atoms with Crippen molar-refractivity contribution in [1.29, 1.82) is 0 Å². The Bertz CT molecular complexity index is 1500. The maximum Gasteiger partial charge on any atom is 0.338 e. The number of hydrogen-bond donors (Lipinski definition) is 0. The van der Waals surface area contributed by atoms with Gasteiger partial charge in [-0.05, 0) is 56.5 Å². The second-order valence-corrected chi connectivity index (χ2v) is 9.43. The van der Waals surface area contributed by atoms with E-state index in [4.69, 9.17) is 14.2 Å². The first-order chi connectivity index (χ1) is 17.4. The third kappa shape index (κ3) is 4.86. The molecule has 1 aromatic heterocycles. The zero-order chi connectivity index (χ0) is 25.8. The number of aromatic nitrogens is 1. The smallest absolute Gasteiger partial charge is 0.338 e. The monoisotopic (exact) mass is 506 g/mol. The number of esters is 1. The van der Waals surface area contributed by atoms with Crippen LogP contribution in [0, 0.1) is 6.92 Å². The van der Waals surface area contributed by atoms with Crippen molar-refractivity contribution < 1.29 is 19.0 Å². The summed E-state index contributed by atoms with van der Waals surface area (Å²) in [5.74, 6) is 0.877. The molecule has 3 aromatic rings. The number of rotatable bonds is 8. The van der Waals surface area contributed by atoms with Crippen LogP contribution in [0.25, 0.3) is 6.08 Å². The number of methoxy groups -OCH3 is 1. The number of hydrogen-bond acceptors (Lipinski definition) is 7. The Morgan fingerprint density at radius 1 is 1.14 bits per heavy atom. The van der Waals surface area contributed by atoms with Crippen molar-refractivity contribution in [2.45, 2.75) is 40.2 Å². The number of carbonyl (C=O) groups is 1. The Morgan fingerprint density at radius 3 is 2.64 bits per heavy atom. The van der Waals surface area contributed by atoms with Gasteiger partial charge in [-0.3, -0.25) is 9.36 Å². The summed E-state index contributed by atoms with van der Waals surface area (Å²) in [5.41, 5.74) is 3.19. The predicted octanol–water partition coefficient (Wildman–Crippen LogP) is 3.90. The zero-order valence-electron chi connectivity index (χ0n) is 21.2. The molecule has 2 heterocycles. The van der Waals surface area contributed by atoms with Gasteiger partial charge in [0.1, 0.15) is 17.5 Å². The molecule has 0 amide bonds. The third-order valence-electron chi connectivity index (χ3n) is 5.92. The molecular formula is C28H30N2O5S. The maximum absolute atomic E-state index is 13.8. The Morgan fingerprint density at radius 2 is 1.92 bits per heavy atom. The molecule has 36 heavy (non-hydrogen) atoms. The van der Waals surface area contributed by atoms with E-state index in [0.29, 0.717) is 38.5 Å². The summed E-state index contributed by atoms with van der Waals surface area (Å²) in [4.78, 5) is 32.1. The molecule has 0 saturated carbocycles. The van der Waals surface area contributed by atoms with Gasteiger partial charge < -0.3 is 14.2 Å². The normalized spacial score (nSPS) is 15.4. The fourth-order valence-electron chi connectivity index (χ4n) is 4.21. The molecule has 0 spiro atoms. The molecule has 2 aromatic carbocycles. The van der Waals surface area contributed by atoms with E-state index in [1.807, 2.05) is 62.4 Å². The van der Waals surface area contributed by atoms with Crippen LogP contribution in [-0.4, -0.2) is 30.9 Å². The summed E-state index contributed by atoms with van der Waals surface area (Å²) in [6.07, 6.45) is 2.66. The molecule has 1 aliphatic heterocycles. The summed E-state index contributed by atoms with van der Waals surface area (Å²) in [5, 5.41) is 0. The van der Waals surface area contributed by atoms with Gasteiger partial charge in [-0.1, -0.05) is 48.6 Å². The average molecular weight is 507 g/mol. The van der Waals surface area contributed by atoms with Crippen molar-refractivity contribution in [3.05, 3.63) is 90.1 Å². The van der Waals surface area contributed by atoms with Gasteiger partial charge in [0.15, 0.2) is 4.80 Å². The minimum atomic E-state index is -0.719. The molecule has 0 unspecified atom stereocenters. The third-order valence-corrected chi connectivity index (χ3v) is 6.91. The van der Waals surface area contributed by atoms with Gasteiger partial charge in [-0.25, -0.2) is 9.79 Å². The van der Waals surface area contributed by atoms with Crippen LogP contribution in [0.2, 0.25) is 0 Å². The molecular weight excluding hydrogens is 476 g/mol. The SMILES string of the molecule is CCCOc1ccccc1[C@@H]1C(C(=O)OCC)=C(C)N=c2s/c(=C/c3ccc(C)c(OC)c3)c(=O)n21. The van der Waals surface area contributed by atoms with E-state index in [0.717, 1.165) is 23.3 Å². The lowest BCUT2D eigenvalue weighted by Crippen LogP contribution is -2.40. The van der Waals surface area contributed by atoms with Gasteiger partial charge in [-0.15, -0.1) is 0 Å². The topological polar surface area (TPSA) is 79.1 Å². The van der Waals surface area contributed by atoms with E-state index in [9.17, 15) is 9.59 Å². The van der Waals surface area contributed by atoms with Crippen LogP contribution < -0.4 is 24.4 Å². The number of ether oxygens (including phenoxy) is 3. The molecule has 0 bridgehead atoms. The number of carbonyl (C=O) groups excluding carboxylic acids is 1. The highest BCUT2D eigenvalue weighted by molar-refractivity contribution is 7.07. The van der Waals surface area contributed by atoms with Gasteiger partial charge in [0.2, 0.25) is 0 Å². The van der Waals surface area contributed by atoms with Crippen LogP contribution >= 0.6 is 11.3 Å². The number of aryl methyl sites for hydroxylation is 1. The lowest BCUT2D eigenvalue weighted by Gasteiger charge is -2.26. The second-order valence-electron chi connectivity index (χ2n) is 8.42. The second kappa shape index (κ2) is 11.0. The fourth-order valence-corrected chi connectivity index (χ4v) is 5.26. The van der Waals surface area contributed by atoms with E-state index in [1.165, 1.54) is 11.3 Å². The van der Waals surface area contributed by atoms with E-state index < -0.39 is 12.0 Å². The Hall–Kier alpha value is -3.65. The summed E-state index contributed by atoms with van der Waals surface area (Å²) < 4.78 is 18.9. The largest absolute Gasteiger partial charge is 0.496 e. The van der Waals surface area contributed by atoms with Crippen LogP contribution in [0.3, 0.4) is 0 Å². The first-order valence-corrected chi connectivity index (χ1v) is 12.8. The predicted molar refractivity (Wildman–Crippen MR) is 140 cm³/mol. The zero-order valence-corrected chi connectivity index (χ0v) is 22.0. The number of nitrogens with zero attached hydrogens (tertiary/aromatic N) is 2. The molecule has 0 saturated heterocycles. The maximum atomic E-state index is 13.8. The molecule has 1 atom stereocenters. The number of para-hydroxylation sites is 1. The molecule has 188 valence electrons. The quantitative estimate of drug-likeness (QED) is 0.433. The van der Waals surface area contributed by atoms with Crippen molar-refractivity contribution in [2.24, 2.45) is 4.99 Å². The highest BCUT2D eigenvalue weighted by Crippen LogP contribution is 2.36. The van der Waals surface area contributed by atoms with Gasteiger partial charge in [0.05, 0.1) is 36.1 Å². The van der Waals surface area contributed by atoms with Crippen LogP contribution in [0.5, 0.6) is 11.5 Å². The first-order valence-electron chi connectivity index (χ1n) is 12.0. The molecule has 0 fully saturated rings. The van der Waals surface area contributed by atoms with Crippen molar-refractivity contribution in [1.82, 2.24) is 4.57 Å². The van der Waals surface area contributed by atoms with E-state index in [1.54, 1.807) is 25.5 Å². The van der Waals surface area contributed by atoms with Crippen LogP contribution in [-0.2, 0) is 9.53 Å². The Balaban J connectivity index is 1.95. The fraction of sp³-hybridized carbons (Fsp3) is 0.321. The lowest BCUT2D eigenvalue weighted by molar-refractivity contribution is -0.139. The minimum Gasteiger partial charge on any atom is -0.496 e. The molecule has 0 aliphatic carbocycles. The summed E-state index contributed by atoms with van der Waals surface area (Å²) >= 11 is 1.29.